The van der Waals surface area contributed by atoms with E-state index in [9.17, 15) is 4.79 Å². The summed E-state index contributed by atoms with van der Waals surface area (Å²) in [6.45, 7) is 1.51. The van der Waals surface area contributed by atoms with Crippen LogP contribution in [0.3, 0.4) is 0 Å². The highest BCUT2D eigenvalue weighted by molar-refractivity contribution is 6.30. The molecule has 2 aromatic heterocycles. The van der Waals surface area contributed by atoms with Gasteiger partial charge >= 0.3 is 0 Å². The topological polar surface area (TPSA) is 55.3 Å². The molecule has 1 aliphatic heterocycles. The van der Waals surface area contributed by atoms with E-state index in [0.717, 1.165) is 16.8 Å². The van der Waals surface area contributed by atoms with Crippen molar-refractivity contribution in [3.63, 3.8) is 0 Å². The molecule has 136 valence electrons. The van der Waals surface area contributed by atoms with Crippen LogP contribution in [0.15, 0.2) is 67.1 Å². The van der Waals surface area contributed by atoms with Crippen LogP contribution < -0.4 is 0 Å². The predicted octanol–water partition coefficient (Wildman–Crippen LogP) is 4.01. The Morgan fingerprint density at radius 2 is 2.04 bits per heavy atom. The van der Waals surface area contributed by atoms with Crippen molar-refractivity contribution in [3.05, 3.63) is 83.4 Å². The molecule has 5 nitrogen and oxygen atoms in total. The number of pyridine rings is 2. The number of ether oxygens (including phenoxy) is 1. The molecule has 1 aromatic carbocycles. The van der Waals surface area contributed by atoms with Crippen LogP contribution >= 0.6 is 11.6 Å². The van der Waals surface area contributed by atoms with Gasteiger partial charge in [-0.2, -0.15) is 0 Å². The molecular weight excluding hydrogens is 362 g/mol. The van der Waals surface area contributed by atoms with E-state index in [4.69, 9.17) is 16.3 Å². The second-order valence-corrected chi connectivity index (χ2v) is 6.77. The minimum Gasteiger partial charge on any atom is -0.368 e. The number of amides is 1. The Kier molecular flexibility index (Phi) is 5.14. The van der Waals surface area contributed by atoms with E-state index in [-0.39, 0.29) is 12.0 Å². The minimum atomic E-state index is -0.243. The number of aromatic nitrogens is 2. The van der Waals surface area contributed by atoms with Gasteiger partial charge in [0.1, 0.15) is 6.10 Å². The molecule has 27 heavy (non-hydrogen) atoms. The molecule has 0 N–H and O–H groups in total. The third-order valence-electron chi connectivity index (χ3n) is 4.54. The Hall–Kier alpha value is -2.76. The fourth-order valence-electron chi connectivity index (χ4n) is 3.12. The highest BCUT2D eigenvalue weighted by Gasteiger charge is 2.27. The van der Waals surface area contributed by atoms with Crippen LogP contribution in [0.25, 0.3) is 11.1 Å². The summed E-state index contributed by atoms with van der Waals surface area (Å²) in [5.41, 5.74) is 3.40. The number of rotatable bonds is 3. The van der Waals surface area contributed by atoms with Crippen LogP contribution in [-0.2, 0) is 4.74 Å². The number of benzene rings is 1. The van der Waals surface area contributed by atoms with E-state index in [1.54, 1.807) is 29.4 Å². The van der Waals surface area contributed by atoms with Gasteiger partial charge < -0.3 is 9.64 Å². The molecule has 0 bridgehead atoms. The Morgan fingerprint density at radius 1 is 1.11 bits per heavy atom. The lowest BCUT2D eigenvalue weighted by Crippen LogP contribution is -2.42. The molecule has 4 rings (SSSR count). The predicted molar refractivity (Wildman–Crippen MR) is 104 cm³/mol. The third-order valence-corrected chi connectivity index (χ3v) is 4.77. The molecule has 0 spiro atoms. The average Bonchev–Trinajstić information content (AvgIpc) is 2.74. The molecule has 1 fully saturated rings. The van der Waals surface area contributed by atoms with Crippen LogP contribution in [-0.4, -0.2) is 40.5 Å². The van der Waals surface area contributed by atoms with E-state index >= 15 is 0 Å². The zero-order valence-corrected chi connectivity index (χ0v) is 15.3. The van der Waals surface area contributed by atoms with Crippen molar-refractivity contribution in [1.29, 1.82) is 0 Å². The summed E-state index contributed by atoms with van der Waals surface area (Å²) in [5.74, 6) is -0.0352. The highest BCUT2D eigenvalue weighted by Crippen LogP contribution is 2.26. The number of halogens is 1. The van der Waals surface area contributed by atoms with E-state index in [1.165, 1.54) is 0 Å². The van der Waals surface area contributed by atoms with Gasteiger partial charge in [0.2, 0.25) is 0 Å². The lowest BCUT2D eigenvalue weighted by Gasteiger charge is -2.32. The molecule has 0 unspecified atom stereocenters. The highest BCUT2D eigenvalue weighted by atomic mass is 35.5. The van der Waals surface area contributed by atoms with Crippen molar-refractivity contribution in [2.75, 3.05) is 19.7 Å². The number of carbonyl (C=O) groups is 1. The van der Waals surface area contributed by atoms with Crippen molar-refractivity contribution in [3.8, 4) is 11.1 Å². The van der Waals surface area contributed by atoms with Gasteiger partial charge in [-0.05, 0) is 35.9 Å². The maximum absolute atomic E-state index is 12.6. The van der Waals surface area contributed by atoms with Gasteiger partial charge in [0.15, 0.2) is 0 Å². The summed E-state index contributed by atoms with van der Waals surface area (Å²) in [4.78, 5) is 23.0. The molecule has 3 aromatic rings. The van der Waals surface area contributed by atoms with Crippen LogP contribution in [0, 0.1) is 0 Å². The van der Waals surface area contributed by atoms with Gasteiger partial charge in [0, 0.05) is 35.7 Å². The summed E-state index contributed by atoms with van der Waals surface area (Å²) in [5, 5.41) is 0.691. The molecule has 1 saturated heterocycles. The van der Waals surface area contributed by atoms with Crippen molar-refractivity contribution < 1.29 is 9.53 Å². The second-order valence-electron chi connectivity index (χ2n) is 6.33. The van der Waals surface area contributed by atoms with Gasteiger partial charge in [-0.15, -0.1) is 0 Å². The number of hydrogen-bond donors (Lipinski definition) is 0. The number of nitrogens with zero attached hydrogens (tertiary/aromatic N) is 3. The maximum atomic E-state index is 12.6. The molecule has 0 radical (unpaired) electrons. The monoisotopic (exact) mass is 379 g/mol. The van der Waals surface area contributed by atoms with Crippen LogP contribution in [0.2, 0.25) is 5.02 Å². The maximum Gasteiger partial charge on any atom is 0.255 e. The molecule has 0 aliphatic carbocycles. The van der Waals surface area contributed by atoms with E-state index in [2.05, 4.69) is 9.97 Å². The molecule has 1 aliphatic rings. The molecular formula is C21H18ClN3O2. The van der Waals surface area contributed by atoms with Gasteiger partial charge in [-0.3, -0.25) is 14.8 Å². The van der Waals surface area contributed by atoms with Gasteiger partial charge in [0.25, 0.3) is 5.91 Å². The largest absolute Gasteiger partial charge is 0.368 e. The minimum absolute atomic E-state index is 0.0352. The van der Waals surface area contributed by atoms with Crippen LogP contribution in [0.4, 0.5) is 0 Å². The quantitative estimate of drug-likeness (QED) is 0.690. The van der Waals surface area contributed by atoms with Crippen LogP contribution in [0.5, 0.6) is 0 Å². The van der Waals surface area contributed by atoms with Crippen molar-refractivity contribution in [2.24, 2.45) is 0 Å². The Bertz CT molecular complexity index is 932. The zero-order chi connectivity index (χ0) is 18.6. The van der Waals surface area contributed by atoms with E-state index < -0.39 is 0 Å². The molecule has 3 heterocycles. The number of carbonyl (C=O) groups excluding carboxylic acids is 1. The standard InChI is InChI=1S/C21H18ClN3O2/c22-18-5-1-3-15(11-18)16-6-7-19(24-13-16)20-14-25(9-10-27-20)21(26)17-4-2-8-23-12-17/h1-8,11-13,20H,9-10,14H2/t20-/m1/s1. The van der Waals surface area contributed by atoms with Crippen LogP contribution in [0.1, 0.15) is 22.2 Å². The van der Waals surface area contributed by atoms with Crippen molar-refractivity contribution >= 4 is 17.5 Å². The SMILES string of the molecule is O=C(c1cccnc1)N1CCO[C@@H](c2ccc(-c3cccc(Cl)c3)cn2)C1. The van der Waals surface area contributed by atoms with Gasteiger partial charge in [-0.1, -0.05) is 29.8 Å². The Morgan fingerprint density at radius 3 is 2.78 bits per heavy atom. The fraction of sp³-hybridized carbons (Fsp3) is 0.190. The first-order valence-corrected chi connectivity index (χ1v) is 9.11. The summed E-state index contributed by atoms with van der Waals surface area (Å²) in [6.07, 6.45) is 4.81. The van der Waals surface area contributed by atoms with E-state index in [0.29, 0.717) is 30.3 Å². The zero-order valence-electron chi connectivity index (χ0n) is 14.6. The number of hydrogen-bond acceptors (Lipinski definition) is 4. The summed E-state index contributed by atoms with van der Waals surface area (Å²) < 4.78 is 5.85. The average molecular weight is 380 g/mol. The Labute approximate surface area is 162 Å². The second kappa shape index (κ2) is 7.86. The summed E-state index contributed by atoms with van der Waals surface area (Å²) in [7, 11) is 0. The van der Waals surface area contributed by atoms with Crippen molar-refractivity contribution in [1.82, 2.24) is 14.9 Å². The first-order valence-electron chi connectivity index (χ1n) is 8.73. The first kappa shape index (κ1) is 17.6. The molecule has 1 amide bonds. The lowest BCUT2D eigenvalue weighted by molar-refractivity contribution is -0.0247. The Balaban J connectivity index is 1.49. The molecule has 6 heteroatoms. The van der Waals surface area contributed by atoms with E-state index in [1.807, 2.05) is 42.6 Å². The summed E-state index contributed by atoms with van der Waals surface area (Å²) in [6, 6.07) is 15.1. The molecule has 1 atom stereocenters. The summed E-state index contributed by atoms with van der Waals surface area (Å²) >= 11 is 6.06. The van der Waals surface area contributed by atoms with Crippen molar-refractivity contribution in [2.45, 2.75) is 6.10 Å². The fourth-order valence-corrected chi connectivity index (χ4v) is 3.31. The first-order chi connectivity index (χ1) is 13.2. The smallest absolute Gasteiger partial charge is 0.255 e. The number of morpholine rings is 1. The lowest BCUT2D eigenvalue weighted by atomic mass is 10.1. The van der Waals surface area contributed by atoms with Gasteiger partial charge in [0.05, 0.1) is 24.4 Å². The normalized spacial score (nSPS) is 16.9. The molecule has 0 saturated carbocycles. The third kappa shape index (κ3) is 3.99. The van der Waals surface area contributed by atoms with Gasteiger partial charge in [-0.25, -0.2) is 0 Å².